The third kappa shape index (κ3) is 8.77. The zero-order valence-corrected chi connectivity index (χ0v) is 15.7. The van der Waals surface area contributed by atoms with E-state index in [9.17, 15) is 0 Å². The van der Waals surface area contributed by atoms with Gasteiger partial charge in [0.15, 0.2) is 5.96 Å². The van der Waals surface area contributed by atoms with Crippen LogP contribution < -0.4 is 15.4 Å². The van der Waals surface area contributed by atoms with Crippen molar-refractivity contribution >= 4 is 29.9 Å². The van der Waals surface area contributed by atoms with E-state index in [1.165, 1.54) is 5.56 Å². The van der Waals surface area contributed by atoms with Gasteiger partial charge in [-0.3, -0.25) is 4.99 Å². The Morgan fingerprint density at radius 3 is 2.43 bits per heavy atom. The lowest BCUT2D eigenvalue weighted by Gasteiger charge is -2.11. The molecule has 2 N–H and O–H groups in total. The van der Waals surface area contributed by atoms with Gasteiger partial charge in [0.1, 0.15) is 5.75 Å². The van der Waals surface area contributed by atoms with Crippen molar-refractivity contribution in [3.05, 3.63) is 29.8 Å². The molecular weight excluding hydrogens is 379 g/mol. The number of halogens is 1. The Balaban J connectivity index is 0.00000400. The molecule has 0 spiro atoms. The minimum atomic E-state index is 0. The van der Waals surface area contributed by atoms with Crippen LogP contribution in [0.5, 0.6) is 5.75 Å². The summed E-state index contributed by atoms with van der Waals surface area (Å²) in [5.41, 5.74) is 1.20. The summed E-state index contributed by atoms with van der Waals surface area (Å²) < 4.78 is 5.70. The second-order valence-electron chi connectivity index (χ2n) is 4.83. The number of hydrogen-bond donors (Lipinski definition) is 2. The number of rotatable bonds is 7. The first kappa shape index (κ1) is 20.0. The van der Waals surface area contributed by atoms with E-state index in [2.05, 4.69) is 46.8 Å². The standard InChI is InChI=1S/C15H26N4O.HI/c1-16-15(17-2)18-12-13-6-8-14(9-7-13)20-11-5-10-19(3)4;/h6-9H,5,10-12H2,1-4H3,(H2,16,17,18);1H. The van der Waals surface area contributed by atoms with Gasteiger partial charge in [0.25, 0.3) is 0 Å². The SMILES string of the molecule is CN=C(NC)NCc1ccc(OCCCN(C)C)cc1.I. The Morgan fingerprint density at radius 1 is 1.24 bits per heavy atom. The monoisotopic (exact) mass is 406 g/mol. The van der Waals surface area contributed by atoms with Gasteiger partial charge < -0.3 is 20.3 Å². The first-order valence-electron chi connectivity index (χ1n) is 6.90. The zero-order chi connectivity index (χ0) is 14.8. The van der Waals surface area contributed by atoms with Gasteiger partial charge in [0.2, 0.25) is 0 Å². The molecule has 0 amide bonds. The van der Waals surface area contributed by atoms with Gasteiger partial charge in [-0.2, -0.15) is 0 Å². The number of aliphatic imine (C=N–C) groups is 1. The Morgan fingerprint density at radius 2 is 1.90 bits per heavy atom. The lowest BCUT2D eigenvalue weighted by molar-refractivity contribution is 0.281. The van der Waals surface area contributed by atoms with Crippen LogP contribution in [0.2, 0.25) is 0 Å². The predicted octanol–water partition coefficient (Wildman–Crippen LogP) is 1.93. The molecule has 21 heavy (non-hydrogen) atoms. The molecule has 5 nitrogen and oxygen atoms in total. The van der Waals surface area contributed by atoms with Crippen molar-refractivity contribution in [2.45, 2.75) is 13.0 Å². The molecule has 1 aromatic rings. The third-order valence-electron chi connectivity index (χ3n) is 2.86. The third-order valence-corrected chi connectivity index (χ3v) is 2.86. The summed E-state index contributed by atoms with van der Waals surface area (Å²) in [5.74, 6) is 1.71. The van der Waals surface area contributed by atoms with Crippen molar-refractivity contribution in [1.82, 2.24) is 15.5 Å². The van der Waals surface area contributed by atoms with Crippen LogP contribution in [-0.2, 0) is 6.54 Å². The summed E-state index contributed by atoms with van der Waals surface area (Å²) in [5, 5.41) is 6.20. The average molecular weight is 406 g/mol. The van der Waals surface area contributed by atoms with E-state index < -0.39 is 0 Å². The second-order valence-corrected chi connectivity index (χ2v) is 4.83. The maximum absolute atomic E-state index is 5.70. The number of nitrogens with zero attached hydrogens (tertiary/aromatic N) is 2. The highest BCUT2D eigenvalue weighted by atomic mass is 127. The van der Waals surface area contributed by atoms with Crippen molar-refractivity contribution in [2.75, 3.05) is 41.3 Å². The summed E-state index contributed by atoms with van der Waals surface area (Å²) in [6.07, 6.45) is 1.04. The molecule has 6 heteroatoms. The number of nitrogens with one attached hydrogen (secondary N) is 2. The first-order chi connectivity index (χ1) is 9.65. The summed E-state index contributed by atoms with van der Waals surface area (Å²) in [4.78, 5) is 6.23. The molecule has 0 radical (unpaired) electrons. The minimum absolute atomic E-state index is 0. The quantitative estimate of drug-likeness (QED) is 0.315. The Hall–Kier alpha value is -1.02. The lowest BCUT2D eigenvalue weighted by Crippen LogP contribution is -2.34. The maximum atomic E-state index is 5.70. The molecule has 0 aromatic heterocycles. The van der Waals surface area contributed by atoms with Crippen molar-refractivity contribution < 1.29 is 4.74 Å². The summed E-state index contributed by atoms with van der Waals surface area (Å²) in [6.45, 7) is 2.54. The Labute approximate surface area is 145 Å². The van der Waals surface area contributed by atoms with E-state index in [-0.39, 0.29) is 24.0 Å². The normalized spacial score (nSPS) is 11.0. The fourth-order valence-electron chi connectivity index (χ4n) is 1.74. The molecule has 0 unspecified atom stereocenters. The van der Waals surface area contributed by atoms with Crippen molar-refractivity contribution in [3.8, 4) is 5.75 Å². The second kappa shape index (κ2) is 11.6. The van der Waals surface area contributed by atoms with Crippen LogP contribution in [0.1, 0.15) is 12.0 Å². The number of hydrogen-bond acceptors (Lipinski definition) is 3. The highest BCUT2D eigenvalue weighted by molar-refractivity contribution is 14.0. The van der Waals surface area contributed by atoms with Gasteiger partial charge in [0.05, 0.1) is 6.61 Å². The van der Waals surface area contributed by atoms with Gasteiger partial charge in [-0.25, -0.2) is 0 Å². The van der Waals surface area contributed by atoms with Crippen molar-refractivity contribution in [3.63, 3.8) is 0 Å². The van der Waals surface area contributed by atoms with Crippen molar-refractivity contribution in [1.29, 1.82) is 0 Å². The van der Waals surface area contributed by atoms with Crippen LogP contribution in [0.15, 0.2) is 29.3 Å². The van der Waals surface area contributed by atoms with E-state index in [0.29, 0.717) is 0 Å². The molecular formula is C15H27IN4O. The van der Waals surface area contributed by atoms with Gasteiger partial charge in [-0.05, 0) is 38.2 Å². The van der Waals surface area contributed by atoms with E-state index >= 15 is 0 Å². The van der Waals surface area contributed by atoms with Crippen LogP contribution in [0.25, 0.3) is 0 Å². The molecule has 0 fully saturated rings. The van der Waals surface area contributed by atoms with E-state index in [1.807, 2.05) is 19.2 Å². The van der Waals surface area contributed by atoms with Crippen LogP contribution in [0, 0.1) is 0 Å². The Bertz CT molecular complexity index is 407. The van der Waals surface area contributed by atoms with Crippen LogP contribution in [-0.4, -0.2) is 52.2 Å². The fourth-order valence-corrected chi connectivity index (χ4v) is 1.74. The number of guanidine groups is 1. The van der Waals surface area contributed by atoms with E-state index in [0.717, 1.165) is 37.8 Å². The number of benzene rings is 1. The molecule has 120 valence electrons. The van der Waals surface area contributed by atoms with Crippen LogP contribution >= 0.6 is 24.0 Å². The summed E-state index contributed by atoms with van der Waals surface area (Å²) >= 11 is 0. The topological polar surface area (TPSA) is 48.9 Å². The van der Waals surface area contributed by atoms with E-state index in [1.54, 1.807) is 7.05 Å². The molecule has 0 atom stereocenters. The minimum Gasteiger partial charge on any atom is -0.494 e. The molecule has 0 saturated heterocycles. The molecule has 1 aromatic carbocycles. The van der Waals surface area contributed by atoms with Gasteiger partial charge >= 0.3 is 0 Å². The molecule has 0 bridgehead atoms. The van der Waals surface area contributed by atoms with Gasteiger partial charge in [0, 0.05) is 27.2 Å². The first-order valence-corrected chi connectivity index (χ1v) is 6.90. The average Bonchev–Trinajstić information content (AvgIpc) is 2.46. The summed E-state index contributed by atoms with van der Waals surface area (Å²) in [6, 6.07) is 8.15. The largest absolute Gasteiger partial charge is 0.494 e. The fraction of sp³-hybridized carbons (Fsp3) is 0.533. The predicted molar refractivity (Wildman–Crippen MR) is 99.8 cm³/mol. The van der Waals surface area contributed by atoms with Crippen molar-refractivity contribution in [2.24, 2.45) is 4.99 Å². The molecule has 0 heterocycles. The van der Waals surface area contributed by atoms with Gasteiger partial charge in [-0.1, -0.05) is 12.1 Å². The Kier molecular flexibility index (Phi) is 11.1. The zero-order valence-electron chi connectivity index (χ0n) is 13.3. The van der Waals surface area contributed by atoms with Gasteiger partial charge in [-0.15, -0.1) is 24.0 Å². The molecule has 0 aliphatic carbocycles. The summed E-state index contributed by atoms with van der Waals surface area (Å²) in [7, 11) is 7.74. The maximum Gasteiger partial charge on any atom is 0.190 e. The molecule has 1 rings (SSSR count). The van der Waals surface area contributed by atoms with E-state index in [4.69, 9.17) is 4.74 Å². The van der Waals surface area contributed by atoms with Crippen LogP contribution in [0.4, 0.5) is 0 Å². The molecule has 0 aliphatic rings. The molecule has 0 aliphatic heterocycles. The molecule has 0 saturated carbocycles. The smallest absolute Gasteiger partial charge is 0.190 e. The number of ether oxygens (including phenoxy) is 1. The van der Waals surface area contributed by atoms with Crippen LogP contribution in [0.3, 0.4) is 0 Å². The highest BCUT2D eigenvalue weighted by Crippen LogP contribution is 2.12. The highest BCUT2D eigenvalue weighted by Gasteiger charge is 1.98. The lowest BCUT2D eigenvalue weighted by atomic mass is 10.2.